The maximum absolute atomic E-state index is 12.5. The molecule has 1 amide bonds. The Morgan fingerprint density at radius 3 is 2.53 bits per heavy atom. The highest BCUT2D eigenvalue weighted by Crippen LogP contribution is 2.36. The lowest BCUT2D eigenvalue weighted by atomic mass is 10.1. The van der Waals surface area contributed by atoms with Gasteiger partial charge in [-0.05, 0) is 36.2 Å². The maximum atomic E-state index is 12.5. The smallest absolute Gasteiger partial charge is 0.238 e. The second kappa shape index (κ2) is 9.37. The van der Waals surface area contributed by atoms with Crippen molar-refractivity contribution in [2.24, 2.45) is 5.14 Å². The molecule has 0 aliphatic heterocycles. The largest absolute Gasteiger partial charge is 0.349 e. The summed E-state index contributed by atoms with van der Waals surface area (Å²) in [5.74, 6) is 0.0469. The van der Waals surface area contributed by atoms with E-state index in [1.807, 2.05) is 25.1 Å². The Balaban J connectivity index is 1.42. The molecule has 0 spiro atoms. The Morgan fingerprint density at radius 1 is 1.12 bits per heavy atom. The number of carbonyl (C=O) groups is 1. The van der Waals surface area contributed by atoms with Gasteiger partial charge in [-0.25, -0.2) is 23.5 Å². The van der Waals surface area contributed by atoms with Crippen LogP contribution in [0.5, 0.6) is 0 Å². The van der Waals surface area contributed by atoms with Crippen molar-refractivity contribution >= 4 is 49.2 Å². The van der Waals surface area contributed by atoms with E-state index in [1.54, 1.807) is 23.5 Å². The summed E-state index contributed by atoms with van der Waals surface area (Å²) in [5, 5.41) is 9.73. The van der Waals surface area contributed by atoms with Crippen LogP contribution in [0.4, 0.5) is 0 Å². The minimum Gasteiger partial charge on any atom is -0.349 e. The molecule has 0 aliphatic carbocycles. The van der Waals surface area contributed by atoms with Gasteiger partial charge >= 0.3 is 0 Å². The molecule has 164 valence electrons. The molecule has 2 heterocycles. The van der Waals surface area contributed by atoms with Crippen molar-refractivity contribution in [1.82, 2.24) is 15.3 Å². The molecule has 2 aromatic carbocycles. The molecule has 1 atom stereocenters. The van der Waals surface area contributed by atoms with Gasteiger partial charge in [0.25, 0.3) is 0 Å². The summed E-state index contributed by atoms with van der Waals surface area (Å²) in [6.07, 6.45) is 1.52. The molecule has 3 N–H and O–H groups in total. The highest BCUT2D eigenvalue weighted by molar-refractivity contribution is 8.00. The van der Waals surface area contributed by atoms with E-state index in [1.165, 1.54) is 30.2 Å². The molecule has 32 heavy (non-hydrogen) atoms. The van der Waals surface area contributed by atoms with Crippen LogP contribution in [0.15, 0.2) is 76.9 Å². The van der Waals surface area contributed by atoms with E-state index in [0.717, 1.165) is 31.2 Å². The highest BCUT2D eigenvalue weighted by Gasteiger charge is 2.15. The molecule has 0 saturated carbocycles. The van der Waals surface area contributed by atoms with Gasteiger partial charge in [0.15, 0.2) is 0 Å². The van der Waals surface area contributed by atoms with E-state index in [-0.39, 0.29) is 22.6 Å². The normalized spacial score (nSPS) is 12.6. The standard InChI is InChI=1S/C22H20N4O3S3/c1-14(15-7-9-17(10-8-15)32(23,28)29)26-20(27)12-30-21-18-11-19(16-5-3-2-4-6-16)31-22(18)25-13-24-21/h2-11,13-14H,12H2,1H3,(H,26,27)(H2,23,28,29). The SMILES string of the molecule is CC(NC(=O)CSc1ncnc2sc(-c3ccccc3)cc12)c1ccc(S(N)(=O)=O)cc1. The molecular formula is C22H20N4O3S3. The number of hydrogen-bond donors (Lipinski definition) is 2. The van der Waals surface area contributed by atoms with Crippen molar-refractivity contribution < 1.29 is 13.2 Å². The Hall–Kier alpha value is -2.79. The number of thiophene rings is 1. The van der Waals surface area contributed by atoms with Crippen LogP contribution < -0.4 is 10.5 Å². The number of hydrogen-bond acceptors (Lipinski definition) is 7. The molecule has 0 radical (unpaired) electrons. The third-order valence-electron chi connectivity index (χ3n) is 4.78. The molecule has 0 fully saturated rings. The van der Waals surface area contributed by atoms with Crippen LogP contribution >= 0.6 is 23.1 Å². The zero-order chi connectivity index (χ0) is 22.7. The Labute approximate surface area is 194 Å². The zero-order valence-corrected chi connectivity index (χ0v) is 19.5. The molecule has 0 bridgehead atoms. The minimum atomic E-state index is -3.74. The molecule has 7 nitrogen and oxygen atoms in total. The number of aromatic nitrogens is 2. The van der Waals surface area contributed by atoms with Crippen LogP contribution in [-0.2, 0) is 14.8 Å². The number of thioether (sulfide) groups is 1. The summed E-state index contributed by atoms with van der Waals surface area (Å²) >= 11 is 2.95. The third-order valence-corrected chi connectivity index (χ3v) is 7.80. The van der Waals surface area contributed by atoms with Crippen molar-refractivity contribution in [3.05, 3.63) is 72.6 Å². The quantitative estimate of drug-likeness (QED) is 0.303. The number of primary sulfonamides is 1. The first-order chi connectivity index (χ1) is 15.3. The third kappa shape index (κ3) is 5.16. The second-order valence-electron chi connectivity index (χ2n) is 7.07. The monoisotopic (exact) mass is 484 g/mol. The molecule has 4 aromatic rings. The van der Waals surface area contributed by atoms with Gasteiger partial charge in [-0.3, -0.25) is 4.79 Å². The highest BCUT2D eigenvalue weighted by atomic mass is 32.2. The van der Waals surface area contributed by atoms with Gasteiger partial charge in [-0.2, -0.15) is 0 Å². The van der Waals surface area contributed by atoms with Crippen LogP contribution in [-0.4, -0.2) is 30.0 Å². The van der Waals surface area contributed by atoms with Crippen LogP contribution in [0.2, 0.25) is 0 Å². The van der Waals surface area contributed by atoms with E-state index in [0.29, 0.717) is 0 Å². The first-order valence-corrected chi connectivity index (χ1v) is 13.0. The van der Waals surface area contributed by atoms with Crippen molar-refractivity contribution in [3.63, 3.8) is 0 Å². The summed E-state index contributed by atoms with van der Waals surface area (Å²) in [7, 11) is -3.74. The van der Waals surface area contributed by atoms with Crippen molar-refractivity contribution in [2.75, 3.05) is 5.75 Å². The summed E-state index contributed by atoms with van der Waals surface area (Å²) in [5.41, 5.74) is 1.90. The number of carbonyl (C=O) groups excluding carboxylic acids is 1. The molecule has 10 heteroatoms. The van der Waals surface area contributed by atoms with E-state index in [9.17, 15) is 13.2 Å². The average Bonchev–Trinajstić information content (AvgIpc) is 3.23. The predicted octanol–water partition coefficient (Wildman–Crippen LogP) is 3.98. The molecule has 0 aliphatic rings. The van der Waals surface area contributed by atoms with E-state index < -0.39 is 10.0 Å². The fraction of sp³-hybridized carbons (Fsp3) is 0.136. The predicted molar refractivity (Wildman–Crippen MR) is 128 cm³/mol. The molecule has 2 aromatic heterocycles. The number of nitrogens with two attached hydrogens (primary N) is 1. The molecule has 0 saturated heterocycles. The fourth-order valence-electron chi connectivity index (χ4n) is 3.14. The summed E-state index contributed by atoms with van der Waals surface area (Å²) in [6.45, 7) is 1.84. The first kappa shape index (κ1) is 22.4. The van der Waals surface area contributed by atoms with Gasteiger partial charge in [-0.1, -0.05) is 54.2 Å². The molecular weight excluding hydrogens is 464 g/mol. The average molecular weight is 485 g/mol. The topological polar surface area (TPSA) is 115 Å². The van der Waals surface area contributed by atoms with Crippen molar-refractivity contribution in [2.45, 2.75) is 22.9 Å². The van der Waals surface area contributed by atoms with Crippen LogP contribution in [0.3, 0.4) is 0 Å². The molecule has 4 rings (SSSR count). The Morgan fingerprint density at radius 2 is 1.84 bits per heavy atom. The number of nitrogens with one attached hydrogen (secondary N) is 1. The molecule has 1 unspecified atom stereocenters. The van der Waals surface area contributed by atoms with Gasteiger partial charge in [0.2, 0.25) is 15.9 Å². The number of fused-ring (bicyclic) bond motifs is 1. The van der Waals surface area contributed by atoms with Gasteiger partial charge in [0, 0.05) is 10.3 Å². The van der Waals surface area contributed by atoms with Gasteiger partial charge in [-0.15, -0.1) is 11.3 Å². The number of sulfonamides is 1. The van der Waals surface area contributed by atoms with Gasteiger partial charge < -0.3 is 5.32 Å². The number of nitrogens with zero attached hydrogens (tertiary/aromatic N) is 2. The van der Waals surface area contributed by atoms with Crippen molar-refractivity contribution in [1.29, 1.82) is 0 Å². The fourth-order valence-corrected chi connectivity index (χ4v) is 5.51. The number of rotatable bonds is 7. The number of amides is 1. The summed E-state index contributed by atoms with van der Waals surface area (Å²) < 4.78 is 22.8. The summed E-state index contributed by atoms with van der Waals surface area (Å²) in [4.78, 5) is 23.3. The second-order valence-corrected chi connectivity index (χ2v) is 10.6. The lowest BCUT2D eigenvalue weighted by Gasteiger charge is -2.14. The Kier molecular flexibility index (Phi) is 6.56. The van der Waals surface area contributed by atoms with Gasteiger partial charge in [0.05, 0.1) is 16.7 Å². The van der Waals surface area contributed by atoms with E-state index in [4.69, 9.17) is 5.14 Å². The lowest BCUT2D eigenvalue weighted by molar-refractivity contribution is -0.119. The first-order valence-electron chi connectivity index (χ1n) is 9.66. The van der Waals surface area contributed by atoms with Crippen LogP contribution in [0.1, 0.15) is 18.5 Å². The maximum Gasteiger partial charge on any atom is 0.238 e. The van der Waals surface area contributed by atoms with Gasteiger partial charge in [0.1, 0.15) is 16.2 Å². The van der Waals surface area contributed by atoms with Crippen LogP contribution in [0, 0.1) is 0 Å². The lowest BCUT2D eigenvalue weighted by Crippen LogP contribution is -2.28. The summed E-state index contributed by atoms with van der Waals surface area (Å²) in [6, 6.07) is 18.0. The zero-order valence-electron chi connectivity index (χ0n) is 17.1. The van der Waals surface area contributed by atoms with Crippen molar-refractivity contribution in [3.8, 4) is 10.4 Å². The van der Waals surface area contributed by atoms with E-state index >= 15 is 0 Å². The van der Waals surface area contributed by atoms with Crippen LogP contribution in [0.25, 0.3) is 20.7 Å². The Bertz CT molecular complexity index is 1350. The van der Waals surface area contributed by atoms with E-state index in [2.05, 4.69) is 33.5 Å². The minimum absolute atomic E-state index is 0.0359. The number of benzene rings is 2.